The predicted molar refractivity (Wildman–Crippen MR) is 154 cm³/mol. The lowest BCUT2D eigenvalue weighted by Crippen LogP contribution is -2.52. The van der Waals surface area contributed by atoms with Crippen molar-refractivity contribution in [3.8, 4) is 0 Å². The molecule has 10 heteroatoms. The van der Waals surface area contributed by atoms with Crippen LogP contribution in [-0.4, -0.2) is 51.0 Å². The summed E-state index contributed by atoms with van der Waals surface area (Å²) in [4.78, 5) is 28.4. The molecule has 0 heterocycles. The van der Waals surface area contributed by atoms with E-state index in [4.69, 9.17) is 0 Å². The molecule has 7 nitrogen and oxygen atoms in total. The van der Waals surface area contributed by atoms with Crippen molar-refractivity contribution in [3.05, 3.63) is 98.4 Å². The number of sulfonamides is 1. The first-order valence-electron chi connectivity index (χ1n) is 11.5. The van der Waals surface area contributed by atoms with Crippen LogP contribution in [0.2, 0.25) is 0 Å². The second kappa shape index (κ2) is 12.7. The minimum Gasteiger partial charge on any atom is -0.357 e. The van der Waals surface area contributed by atoms with Gasteiger partial charge in [-0.25, -0.2) is 8.42 Å². The average Bonchev–Trinajstić information content (AvgIpc) is 2.87. The second-order valence-corrected chi connectivity index (χ2v) is 12.3. The van der Waals surface area contributed by atoms with E-state index in [-0.39, 0.29) is 18.9 Å². The van der Waals surface area contributed by atoms with Crippen LogP contribution in [0.3, 0.4) is 0 Å². The Morgan fingerprint density at radius 1 is 0.946 bits per heavy atom. The van der Waals surface area contributed by atoms with Crippen LogP contribution >= 0.6 is 31.9 Å². The van der Waals surface area contributed by atoms with Gasteiger partial charge in [0.1, 0.15) is 12.6 Å². The van der Waals surface area contributed by atoms with E-state index in [1.54, 1.807) is 18.2 Å². The third kappa shape index (κ3) is 7.90. The van der Waals surface area contributed by atoms with E-state index in [0.717, 1.165) is 36.2 Å². The van der Waals surface area contributed by atoms with Gasteiger partial charge in [0.05, 0.1) is 11.9 Å². The molecule has 3 rings (SSSR count). The van der Waals surface area contributed by atoms with Gasteiger partial charge in [-0.15, -0.1) is 0 Å². The lowest BCUT2D eigenvalue weighted by Gasteiger charge is -2.33. The van der Waals surface area contributed by atoms with E-state index in [2.05, 4.69) is 37.2 Å². The summed E-state index contributed by atoms with van der Waals surface area (Å²) in [7, 11) is -2.28. The van der Waals surface area contributed by atoms with Gasteiger partial charge in [-0.05, 0) is 53.9 Å². The van der Waals surface area contributed by atoms with E-state index in [0.29, 0.717) is 5.69 Å². The smallest absolute Gasteiger partial charge is 0.244 e. The number of anilines is 1. The Bertz CT molecular complexity index is 1350. The topological polar surface area (TPSA) is 86.8 Å². The molecule has 0 spiro atoms. The molecule has 0 saturated carbocycles. The fourth-order valence-corrected chi connectivity index (χ4v) is 5.26. The molecule has 2 amide bonds. The van der Waals surface area contributed by atoms with Gasteiger partial charge in [0, 0.05) is 29.0 Å². The van der Waals surface area contributed by atoms with Crippen molar-refractivity contribution in [2.75, 3.05) is 24.2 Å². The Hall–Kier alpha value is -2.69. The molecule has 0 bridgehead atoms. The molecule has 0 aliphatic heterocycles. The first-order chi connectivity index (χ1) is 17.5. The Morgan fingerprint density at radius 2 is 1.59 bits per heavy atom. The molecule has 0 radical (unpaired) electrons. The summed E-state index contributed by atoms with van der Waals surface area (Å²) in [6, 6.07) is 21.1. The van der Waals surface area contributed by atoms with E-state index >= 15 is 0 Å². The van der Waals surface area contributed by atoms with Gasteiger partial charge < -0.3 is 10.2 Å². The molecule has 1 N–H and O–H groups in total. The summed E-state index contributed by atoms with van der Waals surface area (Å²) in [5, 5.41) is 2.67. The Morgan fingerprint density at radius 3 is 2.16 bits per heavy atom. The third-order valence-corrected chi connectivity index (χ3v) is 8.45. The van der Waals surface area contributed by atoms with Gasteiger partial charge in [0.25, 0.3) is 0 Å². The number of nitrogens with zero attached hydrogens (tertiary/aromatic N) is 2. The normalized spacial score (nSPS) is 12.0. The van der Waals surface area contributed by atoms with Crippen molar-refractivity contribution in [1.29, 1.82) is 0 Å². The van der Waals surface area contributed by atoms with Crippen LogP contribution in [0.4, 0.5) is 5.69 Å². The van der Waals surface area contributed by atoms with Crippen LogP contribution in [0.25, 0.3) is 0 Å². The van der Waals surface area contributed by atoms with Crippen LogP contribution in [0.1, 0.15) is 16.7 Å². The SMILES string of the molecule is CNC(=O)C(Cc1ccccc1)N(Cc1ccc(Br)cc1)C(=O)CN(c1ccc(Br)c(C)c1)S(C)(=O)=O. The highest BCUT2D eigenvalue weighted by Gasteiger charge is 2.32. The number of amides is 2. The maximum Gasteiger partial charge on any atom is 0.244 e. The molecule has 3 aromatic rings. The summed E-state index contributed by atoms with van der Waals surface area (Å²) in [5.74, 6) is -0.821. The molecular weight excluding hydrogens is 622 g/mol. The molecule has 0 aliphatic rings. The zero-order valence-corrected chi connectivity index (χ0v) is 24.8. The molecule has 3 aromatic carbocycles. The van der Waals surface area contributed by atoms with Crippen LogP contribution in [-0.2, 0) is 32.6 Å². The van der Waals surface area contributed by atoms with Crippen molar-refractivity contribution in [2.24, 2.45) is 0 Å². The minimum atomic E-state index is -3.80. The highest BCUT2D eigenvalue weighted by atomic mass is 79.9. The monoisotopic (exact) mass is 649 g/mol. The molecule has 0 aliphatic carbocycles. The minimum absolute atomic E-state index is 0.133. The molecule has 196 valence electrons. The van der Waals surface area contributed by atoms with Crippen molar-refractivity contribution in [1.82, 2.24) is 10.2 Å². The van der Waals surface area contributed by atoms with Gasteiger partial charge in [0.15, 0.2) is 0 Å². The van der Waals surface area contributed by atoms with Crippen LogP contribution < -0.4 is 9.62 Å². The van der Waals surface area contributed by atoms with Crippen LogP contribution in [0.5, 0.6) is 0 Å². The Labute approximate surface area is 235 Å². The van der Waals surface area contributed by atoms with Gasteiger partial charge >= 0.3 is 0 Å². The maximum atomic E-state index is 13.9. The molecule has 37 heavy (non-hydrogen) atoms. The number of benzene rings is 3. The van der Waals surface area contributed by atoms with Crippen molar-refractivity contribution in [3.63, 3.8) is 0 Å². The number of halogens is 2. The number of rotatable bonds is 10. The number of aryl methyl sites for hydroxylation is 1. The van der Waals surface area contributed by atoms with E-state index in [9.17, 15) is 18.0 Å². The summed E-state index contributed by atoms with van der Waals surface area (Å²) in [6.45, 7) is 1.53. The molecule has 1 unspecified atom stereocenters. The molecule has 0 aromatic heterocycles. The van der Waals surface area contributed by atoms with Crippen LogP contribution in [0.15, 0.2) is 81.7 Å². The lowest BCUT2D eigenvalue weighted by molar-refractivity contribution is -0.139. The van der Waals surface area contributed by atoms with E-state index in [1.807, 2.05) is 61.5 Å². The van der Waals surface area contributed by atoms with Gasteiger partial charge in [0.2, 0.25) is 21.8 Å². The quantitative estimate of drug-likeness (QED) is 0.346. The summed E-state index contributed by atoms with van der Waals surface area (Å²) in [5.41, 5.74) is 2.90. The summed E-state index contributed by atoms with van der Waals surface area (Å²) in [6.07, 6.45) is 1.34. The molecular formula is C27H29Br2N3O4S. The van der Waals surface area contributed by atoms with Gasteiger partial charge in [-0.2, -0.15) is 0 Å². The number of nitrogens with one attached hydrogen (secondary N) is 1. The average molecular weight is 651 g/mol. The van der Waals surface area contributed by atoms with Gasteiger partial charge in [-0.3, -0.25) is 13.9 Å². The maximum absolute atomic E-state index is 13.9. The number of hydrogen-bond acceptors (Lipinski definition) is 4. The largest absolute Gasteiger partial charge is 0.357 e. The Kier molecular flexibility index (Phi) is 9.92. The number of carbonyl (C=O) groups is 2. The van der Waals surface area contributed by atoms with Crippen molar-refractivity contribution < 1.29 is 18.0 Å². The van der Waals surface area contributed by atoms with Crippen molar-refractivity contribution >= 4 is 59.4 Å². The zero-order valence-electron chi connectivity index (χ0n) is 20.8. The first kappa shape index (κ1) is 28.9. The standard InChI is InChI=1S/C27H29Br2N3O4S/c1-19-15-23(13-14-24(19)29)32(37(3,35)36)18-26(33)31(17-21-9-11-22(28)12-10-21)25(27(34)30-2)16-20-7-5-4-6-8-20/h4-15,25H,16-18H2,1-3H3,(H,30,34). The number of carbonyl (C=O) groups excluding carboxylic acids is 2. The molecule has 0 fully saturated rings. The highest BCUT2D eigenvalue weighted by Crippen LogP contribution is 2.25. The summed E-state index contributed by atoms with van der Waals surface area (Å²) >= 11 is 6.85. The predicted octanol–water partition coefficient (Wildman–Crippen LogP) is 4.67. The second-order valence-electron chi connectivity index (χ2n) is 8.67. The fraction of sp³-hybridized carbons (Fsp3) is 0.259. The first-order valence-corrected chi connectivity index (χ1v) is 15.0. The number of hydrogen-bond donors (Lipinski definition) is 1. The van der Waals surface area contributed by atoms with Gasteiger partial charge in [-0.1, -0.05) is 74.3 Å². The highest BCUT2D eigenvalue weighted by molar-refractivity contribution is 9.10. The third-order valence-electron chi connectivity index (χ3n) is 5.89. The van der Waals surface area contributed by atoms with E-state index < -0.39 is 28.5 Å². The zero-order chi connectivity index (χ0) is 27.2. The summed E-state index contributed by atoms with van der Waals surface area (Å²) < 4.78 is 28.4. The van der Waals surface area contributed by atoms with Crippen LogP contribution in [0, 0.1) is 6.92 Å². The fourth-order valence-electron chi connectivity index (χ4n) is 3.90. The number of likely N-dealkylation sites (N-methyl/N-ethyl adjacent to an activating group) is 1. The van der Waals surface area contributed by atoms with E-state index in [1.165, 1.54) is 11.9 Å². The molecule has 0 saturated heterocycles. The van der Waals surface area contributed by atoms with Crippen molar-refractivity contribution in [2.45, 2.75) is 25.9 Å². The Balaban J connectivity index is 2.03. The lowest BCUT2D eigenvalue weighted by atomic mass is 10.0. The molecule has 1 atom stereocenters.